The van der Waals surface area contributed by atoms with Gasteiger partial charge in [-0.05, 0) is 18.6 Å². The second-order valence-electron chi connectivity index (χ2n) is 2.91. The minimum Gasteiger partial charge on any atom is -0.442 e. The van der Waals surface area contributed by atoms with Gasteiger partial charge in [-0.1, -0.05) is 6.92 Å². The SMILES string of the molecule is CCC(C#N)OC(=O)c1ccc(N)cn1. The Morgan fingerprint density at radius 2 is 2.47 bits per heavy atom. The molecule has 0 bridgehead atoms. The predicted molar refractivity (Wildman–Crippen MR) is 53.8 cm³/mol. The highest BCUT2D eigenvalue weighted by Crippen LogP contribution is 2.05. The number of carbonyl (C=O) groups is 1. The molecule has 5 nitrogen and oxygen atoms in total. The van der Waals surface area contributed by atoms with E-state index < -0.39 is 12.1 Å². The van der Waals surface area contributed by atoms with E-state index in [9.17, 15) is 4.79 Å². The molecule has 0 fully saturated rings. The lowest BCUT2D eigenvalue weighted by atomic mass is 10.3. The van der Waals surface area contributed by atoms with Crippen molar-refractivity contribution in [2.24, 2.45) is 0 Å². The molecule has 0 aliphatic heterocycles. The zero-order valence-electron chi connectivity index (χ0n) is 8.30. The number of nitrogens with two attached hydrogens (primary N) is 1. The first-order chi connectivity index (χ1) is 7.17. The van der Waals surface area contributed by atoms with Crippen LogP contribution < -0.4 is 5.73 Å². The summed E-state index contributed by atoms with van der Waals surface area (Å²) in [7, 11) is 0. The molecule has 0 saturated heterocycles. The van der Waals surface area contributed by atoms with Crippen LogP contribution in [0, 0.1) is 11.3 Å². The van der Waals surface area contributed by atoms with Crippen LogP contribution in [0.15, 0.2) is 18.3 Å². The molecule has 1 unspecified atom stereocenters. The molecule has 1 heterocycles. The van der Waals surface area contributed by atoms with Gasteiger partial charge in [0.2, 0.25) is 0 Å². The van der Waals surface area contributed by atoms with Gasteiger partial charge in [0.05, 0.1) is 11.9 Å². The summed E-state index contributed by atoms with van der Waals surface area (Å²) in [6.45, 7) is 1.76. The highest BCUT2D eigenvalue weighted by atomic mass is 16.5. The summed E-state index contributed by atoms with van der Waals surface area (Å²) in [6.07, 6.45) is 1.10. The summed E-state index contributed by atoms with van der Waals surface area (Å²) in [4.78, 5) is 15.2. The maximum atomic E-state index is 11.4. The quantitative estimate of drug-likeness (QED) is 0.747. The third kappa shape index (κ3) is 2.95. The zero-order valence-corrected chi connectivity index (χ0v) is 8.30. The summed E-state index contributed by atoms with van der Waals surface area (Å²) in [6, 6.07) is 4.88. The van der Waals surface area contributed by atoms with Gasteiger partial charge in [0.15, 0.2) is 6.10 Å². The predicted octanol–water partition coefficient (Wildman–Crippen LogP) is 1.12. The molecule has 0 spiro atoms. The van der Waals surface area contributed by atoms with Crippen LogP contribution in [-0.2, 0) is 4.74 Å². The van der Waals surface area contributed by atoms with Crippen molar-refractivity contribution in [3.8, 4) is 6.07 Å². The molecule has 2 N–H and O–H groups in total. The van der Waals surface area contributed by atoms with Gasteiger partial charge in [-0.3, -0.25) is 0 Å². The number of nitrogen functional groups attached to an aromatic ring is 1. The molecule has 0 saturated carbocycles. The lowest BCUT2D eigenvalue weighted by Gasteiger charge is -2.07. The van der Waals surface area contributed by atoms with Crippen LogP contribution in [0.3, 0.4) is 0 Å². The average molecular weight is 205 g/mol. The first-order valence-electron chi connectivity index (χ1n) is 4.49. The van der Waals surface area contributed by atoms with Crippen LogP contribution in [0.4, 0.5) is 5.69 Å². The number of ether oxygens (including phenoxy) is 1. The number of esters is 1. The molecule has 0 aromatic carbocycles. The van der Waals surface area contributed by atoms with E-state index in [1.54, 1.807) is 13.0 Å². The standard InChI is InChI=1S/C10H11N3O2/c1-2-8(5-11)15-10(14)9-4-3-7(12)6-13-9/h3-4,6,8H,2,12H2,1H3. The highest BCUT2D eigenvalue weighted by Gasteiger charge is 2.14. The number of pyridine rings is 1. The van der Waals surface area contributed by atoms with Crippen molar-refractivity contribution in [2.45, 2.75) is 19.4 Å². The average Bonchev–Trinajstić information content (AvgIpc) is 2.26. The van der Waals surface area contributed by atoms with Crippen molar-refractivity contribution < 1.29 is 9.53 Å². The summed E-state index contributed by atoms with van der Waals surface area (Å²) >= 11 is 0. The van der Waals surface area contributed by atoms with E-state index in [2.05, 4.69) is 4.98 Å². The van der Waals surface area contributed by atoms with Gasteiger partial charge in [0.25, 0.3) is 0 Å². The second-order valence-corrected chi connectivity index (χ2v) is 2.91. The number of nitriles is 1. The fourth-order valence-electron chi connectivity index (χ4n) is 0.917. The summed E-state index contributed by atoms with van der Waals surface area (Å²) in [5.74, 6) is -0.608. The van der Waals surface area contributed by atoms with Crippen LogP contribution in [0.1, 0.15) is 23.8 Å². The van der Waals surface area contributed by atoms with Crippen molar-refractivity contribution in [1.29, 1.82) is 5.26 Å². The molecular formula is C10H11N3O2. The van der Waals surface area contributed by atoms with Crippen molar-refractivity contribution >= 4 is 11.7 Å². The van der Waals surface area contributed by atoms with Crippen molar-refractivity contribution in [2.75, 3.05) is 5.73 Å². The van der Waals surface area contributed by atoms with Gasteiger partial charge < -0.3 is 10.5 Å². The molecule has 5 heteroatoms. The first-order valence-corrected chi connectivity index (χ1v) is 4.49. The molecule has 0 aliphatic rings. The van der Waals surface area contributed by atoms with Crippen molar-refractivity contribution in [3.05, 3.63) is 24.0 Å². The Morgan fingerprint density at radius 3 is 2.93 bits per heavy atom. The van der Waals surface area contributed by atoms with Crippen LogP contribution in [0.25, 0.3) is 0 Å². The van der Waals surface area contributed by atoms with E-state index in [0.717, 1.165) is 0 Å². The van der Waals surface area contributed by atoms with Crippen LogP contribution in [-0.4, -0.2) is 17.1 Å². The minimum atomic E-state index is -0.725. The lowest BCUT2D eigenvalue weighted by Crippen LogP contribution is -2.16. The van der Waals surface area contributed by atoms with E-state index in [1.165, 1.54) is 12.3 Å². The molecule has 0 aliphatic carbocycles. The summed E-state index contributed by atoms with van der Waals surface area (Å²) in [5.41, 5.74) is 6.04. The number of rotatable bonds is 3. The third-order valence-electron chi connectivity index (χ3n) is 1.76. The Labute approximate surface area is 87.5 Å². The van der Waals surface area contributed by atoms with Crippen LogP contribution in [0.2, 0.25) is 0 Å². The fourth-order valence-corrected chi connectivity index (χ4v) is 0.917. The minimum absolute atomic E-state index is 0.151. The lowest BCUT2D eigenvalue weighted by molar-refractivity contribution is 0.0394. The molecular weight excluding hydrogens is 194 g/mol. The number of hydrogen-bond donors (Lipinski definition) is 1. The van der Waals surface area contributed by atoms with Gasteiger partial charge in [0.1, 0.15) is 11.8 Å². The van der Waals surface area contributed by atoms with Gasteiger partial charge in [-0.25, -0.2) is 9.78 Å². The van der Waals surface area contributed by atoms with E-state index in [0.29, 0.717) is 12.1 Å². The number of aromatic nitrogens is 1. The molecule has 78 valence electrons. The fraction of sp³-hybridized carbons (Fsp3) is 0.300. The smallest absolute Gasteiger partial charge is 0.358 e. The molecule has 0 radical (unpaired) electrons. The highest BCUT2D eigenvalue weighted by molar-refractivity contribution is 5.87. The summed E-state index contributed by atoms with van der Waals surface area (Å²) < 4.78 is 4.87. The van der Waals surface area contributed by atoms with Gasteiger partial charge in [-0.2, -0.15) is 5.26 Å². The van der Waals surface area contributed by atoms with E-state index in [4.69, 9.17) is 15.7 Å². The van der Waals surface area contributed by atoms with E-state index >= 15 is 0 Å². The second kappa shape index (κ2) is 4.96. The Hall–Kier alpha value is -2.09. The number of carbonyl (C=O) groups excluding carboxylic acids is 1. The molecule has 1 aromatic rings. The largest absolute Gasteiger partial charge is 0.442 e. The molecule has 1 atom stereocenters. The third-order valence-corrected chi connectivity index (χ3v) is 1.76. The number of hydrogen-bond acceptors (Lipinski definition) is 5. The summed E-state index contributed by atoms with van der Waals surface area (Å²) in [5, 5.41) is 8.60. The van der Waals surface area contributed by atoms with Crippen LogP contribution >= 0.6 is 0 Å². The topological polar surface area (TPSA) is 89.0 Å². The zero-order chi connectivity index (χ0) is 11.3. The Balaban J connectivity index is 2.70. The Morgan fingerprint density at radius 1 is 1.73 bits per heavy atom. The van der Waals surface area contributed by atoms with E-state index in [1.807, 2.05) is 6.07 Å². The van der Waals surface area contributed by atoms with Gasteiger partial charge in [0, 0.05) is 0 Å². The monoisotopic (exact) mass is 205 g/mol. The molecule has 1 aromatic heterocycles. The van der Waals surface area contributed by atoms with Crippen molar-refractivity contribution in [3.63, 3.8) is 0 Å². The van der Waals surface area contributed by atoms with E-state index in [-0.39, 0.29) is 5.69 Å². The van der Waals surface area contributed by atoms with Gasteiger partial charge >= 0.3 is 5.97 Å². The molecule has 1 rings (SSSR count). The first kappa shape index (κ1) is 11.0. The maximum absolute atomic E-state index is 11.4. The Kier molecular flexibility index (Phi) is 3.63. The Bertz CT molecular complexity index is 381. The number of anilines is 1. The van der Waals surface area contributed by atoms with Crippen molar-refractivity contribution in [1.82, 2.24) is 4.98 Å². The normalized spacial score (nSPS) is 11.5. The van der Waals surface area contributed by atoms with Gasteiger partial charge in [-0.15, -0.1) is 0 Å². The number of nitrogens with zero attached hydrogens (tertiary/aromatic N) is 2. The van der Waals surface area contributed by atoms with Crippen LogP contribution in [0.5, 0.6) is 0 Å². The molecule has 15 heavy (non-hydrogen) atoms. The molecule has 0 amide bonds. The maximum Gasteiger partial charge on any atom is 0.358 e.